The first-order valence-corrected chi connectivity index (χ1v) is 7.39. The van der Waals surface area contributed by atoms with Gasteiger partial charge in [-0.25, -0.2) is 18.4 Å². The summed E-state index contributed by atoms with van der Waals surface area (Å²) in [6, 6.07) is -0.358. The summed E-state index contributed by atoms with van der Waals surface area (Å²) in [6.07, 6.45) is 1.60. The molecular weight excluding hydrogens is 274 g/mol. The van der Waals surface area contributed by atoms with E-state index in [1.807, 2.05) is 0 Å². The molecule has 0 bridgehead atoms. The van der Waals surface area contributed by atoms with E-state index in [0.717, 1.165) is 0 Å². The molecule has 0 aliphatic carbocycles. The van der Waals surface area contributed by atoms with Gasteiger partial charge in [0.2, 0.25) is 11.6 Å². The van der Waals surface area contributed by atoms with Gasteiger partial charge < -0.3 is 10.6 Å². The smallest absolute Gasteiger partial charge is 0.353 e. The molecule has 2 rings (SSSR count). The summed E-state index contributed by atoms with van der Waals surface area (Å²) in [6.45, 7) is 0. The van der Waals surface area contributed by atoms with Gasteiger partial charge in [-0.3, -0.25) is 10.1 Å². The Morgan fingerprint density at radius 3 is 2.63 bits per heavy atom. The second kappa shape index (κ2) is 4.96. The van der Waals surface area contributed by atoms with E-state index in [2.05, 4.69) is 20.6 Å². The first-order chi connectivity index (χ1) is 8.93. The lowest BCUT2D eigenvalue weighted by molar-refractivity contribution is -0.383. The fraction of sp³-hybridized carbons (Fsp3) is 0.556. The van der Waals surface area contributed by atoms with Crippen molar-refractivity contribution in [3.8, 4) is 0 Å². The number of hydrogen-bond acceptors (Lipinski definition) is 8. The predicted octanol–water partition coefficient (Wildman–Crippen LogP) is 0.0255. The molecule has 1 aromatic rings. The van der Waals surface area contributed by atoms with Crippen LogP contribution in [0.3, 0.4) is 0 Å². The number of aromatic nitrogens is 2. The Kier molecular flexibility index (Phi) is 3.51. The molecule has 2 heterocycles. The summed E-state index contributed by atoms with van der Waals surface area (Å²) in [7, 11) is -1.54. The molecule has 1 unspecified atom stereocenters. The zero-order chi connectivity index (χ0) is 14.0. The highest BCUT2D eigenvalue weighted by atomic mass is 32.2. The van der Waals surface area contributed by atoms with Crippen LogP contribution in [0, 0.1) is 10.1 Å². The van der Waals surface area contributed by atoms with Crippen LogP contribution >= 0.6 is 0 Å². The van der Waals surface area contributed by atoms with Crippen molar-refractivity contribution in [1.29, 1.82) is 0 Å². The molecule has 0 saturated carbocycles. The lowest BCUT2D eigenvalue weighted by Gasteiger charge is -2.12. The van der Waals surface area contributed by atoms with Crippen LogP contribution in [-0.2, 0) is 9.84 Å². The summed E-state index contributed by atoms with van der Waals surface area (Å²) in [5.74, 6) is 0.167. The van der Waals surface area contributed by atoms with Gasteiger partial charge in [0.1, 0.15) is 6.33 Å². The second-order valence-corrected chi connectivity index (χ2v) is 6.40. The third-order valence-corrected chi connectivity index (χ3v) is 4.58. The maximum Gasteiger partial charge on any atom is 0.353 e. The van der Waals surface area contributed by atoms with Crippen LogP contribution in [0.4, 0.5) is 17.3 Å². The maximum atomic E-state index is 11.4. The highest BCUT2D eigenvalue weighted by Gasteiger charge is 2.31. The van der Waals surface area contributed by atoms with Gasteiger partial charge in [-0.15, -0.1) is 0 Å². The number of rotatable bonds is 4. The van der Waals surface area contributed by atoms with Crippen molar-refractivity contribution in [2.24, 2.45) is 0 Å². The molecule has 0 radical (unpaired) electrons. The number of hydrogen-bond donors (Lipinski definition) is 2. The Morgan fingerprint density at radius 1 is 1.42 bits per heavy atom. The van der Waals surface area contributed by atoms with E-state index >= 15 is 0 Å². The van der Waals surface area contributed by atoms with E-state index in [9.17, 15) is 18.5 Å². The lowest BCUT2D eigenvalue weighted by atomic mass is 10.2. The van der Waals surface area contributed by atoms with E-state index in [0.29, 0.717) is 6.42 Å². The zero-order valence-corrected chi connectivity index (χ0v) is 11.0. The van der Waals surface area contributed by atoms with Gasteiger partial charge in [-0.05, 0) is 6.42 Å². The molecular formula is C9H13N5O4S. The van der Waals surface area contributed by atoms with Gasteiger partial charge >= 0.3 is 5.69 Å². The summed E-state index contributed by atoms with van der Waals surface area (Å²) in [4.78, 5) is 18.0. The van der Waals surface area contributed by atoms with Gasteiger partial charge in [0.25, 0.3) is 0 Å². The quantitative estimate of drug-likeness (QED) is 0.586. The van der Waals surface area contributed by atoms with Gasteiger partial charge in [0.05, 0.1) is 16.4 Å². The Bertz CT molecular complexity index is 603. The molecule has 1 fully saturated rings. The summed E-state index contributed by atoms with van der Waals surface area (Å²) >= 11 is 0. The number of anilines is 2. The molecule has 104 valence electrons. The molecule has 0 spiro atoms. The summed E-state index contributed by atoms with van der Waals surface area (Å²) < 4.78 is 22.7. The standard InChI is InChI=1S/C9H13N5O4S/c1-10-8-7(14(15)16)9(12-5-11-8)13-6-2-3-19(17,18)4-6/h5-6H,2-4H2,1H3,(H2,10,11,12,13). The van der Waals surface area contributed by atoms with Crippen LogP contribution < -0.4 is 10.6 Å². The van der Waals surface area contributed by atoms with Crippen LogP contribution in [-0.4, -0.2) is 47.9 Å². The minimum absolute atomic E-state index is 0.0338. The van der Waals surface area contributed by atoms with Gasteiger partial charge in [-0.1, -0.05) is 0 Å². The molecule has 1 aromatic heterocycles. The summed E-state index contributed by atoms with van der Waals surface area (Å²) in [5, 5.41) is 16.4. The van der Waals surface area contributed by atoms with Crippen molar-refractivity contribution in [3.05, 3.63) is 16.4 Å². The normalized spacial score (nSPS) is 21.0. The average molecular weight is 287 g/mol. The van der Waals surface area contributed by atoms with Crippen LogP contribution in [0.1, 0.15) is 6.42 Å². The molecule has 1 aliphatic rings. The van der Waals surface area contributed by atoms with Crippen molar-refractivity contribution in [1.82, 2.24) is 9.97 Å². The number of nitrogens with zero attached hydrogens (tertiary/aromatic N) is 3. The molecule has 1 atom stereocenters. The second-order valence-electron chi connectivity index (χ2n) is 4.17. The molecule has 1 saturated heterocycles. The molecule has 0 aromatic carbocycles. The maximum absolute atomic E-state index is 11.4. The fourth-order valence-corrected chi connectivity index (χ4v) is 3.62. The van der Waals surface area contributed by atoms with E-state index in [4.69, 9.17) is 0 Å². The number of sulfone groups is 1. The SMILES string of the molecule is CNc1ncnc(NC2CCS(=O)(=O)C2)c1[N+](=O)[O-]. The Balaban J connectivity index is 2.28. The number of nitrogens with one attached hydrogen (secondary N) is 2. The third-order valence-electron chi connectivity index (χ3n) is 2.81. The van der Waals surface area contributed by atoms with Gasteiger partial charge in [0.15, 0.2) is 9.84 Å². The van der Waals surface area contributed by atoms with E-state index < -0.39 is 14.8 Å². The predicted molar refractivity (Wildman–Crippen MR) is 68.9 cm³/mol. The molecule has 0 amide bonds. The third kappa shape index (κ3) is 2.89. The van der Waals surface area contributed by atoms with Crippen molar-refractivity contribution in [2.75, 3.05) is 29.2 Å². The number of nitro groups is 1. The highest BCUT2D eigenvalue weighted by molar-refractivity contribution is 7.91. The van der Waals surface area contributed by atoms with Crippen LogP contribution in [0.25, 0.3) is 0 Å². The van der Waals surface area contributed by atoms with Crippen molar-refractivity contribution in [2.45, 2.75) is 12.5 Å². The fourth-order valence-electron chi connectivity index (χ4n) is 1.94. The van der Waals surface area contributed by atoms with Crippen molar-refractivity contribution < 1.29 is 13.3 Å². The minimum Gasteiger partial charge on any atom is -0.367 e. The van der Waals surface area contributed by atoms with Crippen LogP contribution in [0.2, 0.25) is 0 Å². The molecule has 10 heteroatoms. The monoisotopic (exact) mass is 287 g/mol. The van der Waals surface area contributed by atoms with Gasteiger partial charge in [0, 0.05) is 13.1 Å². The minimum atomic E-state index is -3.06. The first-order valence-electron chi connectivity index (χ1n) is 5.57. The average Bonchev–Trinajstić information content (AvgIpc) is 2.68. The van der Waals surface area contributed by atoms with E-state index in [1.54, 1.807) is 0 Å². The highest BCUT2D eigenvalue weighted by Crippen LogP contribution is 2.30. The van der Waals surface area contributed by atoms with E-state index in [1.165, 1.54) is 13.4 Å². The Hall–Kier alpha value is -1.97. The van der Waals surface area contributed by atoms with Crippen molar-refractivity contribution >= 4 is 27.2 Å². The Labute approximate surface area is 109 Å². The van der Waals surface area contributed by atoms with Crippen molar-refractivity contribution in [3.63, 3.8) is 0 Å². The topological polar surface area (TPSA) is 127 Å². The molecule has 19 heavy (non-hydrogen) atoms. The lowest BCUT2D eigenvalue weighted by Crippen LogP contribution is -2.22. The Morgan fingerprint density at radius 2 is 2.11 bits per heavy atom. The molecule has 9 nitrogen and oxygen atoms in total. The van der Waals surface area contributed by atoms with Crippen LogP contribution in [0.15, 0.2) is 6.33 Å². The summed E-state index contributed by atoms with van der Waals surface area (Å²) in [5.41, 5.74) is -0.283. The van der Waals surface area contributed by atoms with Crippen LogP contribution in [0.5, 0.6) is 0 Å². The zero-order valence-electron chi connectivity index (χ0n) is 10.2. The van der Waals surface area contributed by atoms with Gasteiger partial charge in [-0.2, -0.15) is 0 Å². The molecule has 2 N–H and O–H groups in total. The molecule has 1 aliphatic heterocycles. The van der Waals surface area contributed by atoms with E-state index in [-0.39, 0.29) is 34.9 Å². The first kappa shape index (κ1) is 13.5. The largest absolute Gasteiger partial charge is 0.367 e.